The fourth-order valence-electron chi connectivity index (χ4n) is 0.729. The van der Waals surface area contributed by atoms with E-state index < -0.39 is 11.0 Å². The minimum atomic E-state index is -1.21. The monoisotopic (exact) mass is 253 g/mol. The fraction of sp³-hybridized carbons (Fsp3) is 0. The van der Waals surface area contributed by atoms with Gasteiger partial charge in [-0.05, 0) is 6.07 Å². The lowest BCUT2D eigenvalue weighted by molar-refractivity contribution is -0.991. The molecule has 4 nitrogen and oxygen atoms in total. The number of rotatable bonds is 1. The second-order valence-corrected chi connectivity index (χ2v) is 3.41. The third-order valence-electron chi connectivity index (χ3n) is 1.26. The molecule has 6 heteroatoms. The van der Waals surface area contributed by atoms with E-state index in [2.05, 4.69) is 15.9 Å². The van der Waals surface area contributed by atoms with Crippen LogP contribution in [0.1, 0.15) is 0 Å². The van der Waals surface area contributed by atoms with Crippen molar-refractivity contribution in [2.75, 3.05) is 0 Å². The fourth-order valence-corrected chi connectivity index (χ4v) is 1.54. The highest BCUT2D eigenvalue weighted by Gasteiger charge is 2.12. The summed E-state index contributed by atoms with van der Waals surface area (Å²) in [6.07, 6.45) is 0. The number of hydrogen-bond acceptors (Lipinski definition) is 3. The molecule has 1 atom stereocenters. The van der Waals surface area contributed by atoms with E-state index in [0.717, 1.165) is 0 Å². The van der Waals surface area contributed by atoms with Crippen LogP contribution < -0.4 is 5.23 Å². The molecule has 0 radical (unpaired) electrons. The van der Waals surface area contributed by atoms with Gasteiger partial charge in [-0.2, -0.15) is 5.23 Å². The summed E-state index contributed by atoms with van der Waals surface area (Å²) in [5.74, 6) is -0.410. The second kappa shape index (κ2) is 3.59. The van der Waals surface area contributed by atoms with Crippen LogP contribution in [0.25, 0.3) is 0 Å². The number of phenols is 1. The normalized spacial score (nSPS) is 13.0. The number of nitrogens with one attached hydrogen (secondary N) is 1. The Kier molecular flexibility index (Phi) is 2.92. The molecular weight excluding hydrogens is 249 g/mol. The predicted molar refractivity (Wildman–Crippen MR) is 46.6 cm³/mol. The summed E-state index contributed by atoms with van der Waals surface area (Å²) in [7, 11) is 0. The third kappa shape index (κ3) is 1.88. The van der Waals surface area contributed by atoms with Gasteiger partial charge in [-0.1, -0.05) is 27.5 Å². The molecule has 1 aromatic carbocycles. The molecule has 1 rings (SSSR count). The maximum Gasteiger partial charge on any atom is 0.208 e. The van der Waals surface area contributed by atoms with Gasteiger partial charge in [0.15, 0.2) is 5.75 Å². The van der Waals surface area contributed by atoms with Crippen molar-refractivity contribution in [3.8, 4) is 5.75 Å². The van der Waals surface area contributed by atoms with Crippen LogP contribution in [-0.2, 0) is 0 Å². The molecule has 1 aromatic rings. The average Bonchev–Trinajstić information content (AvgIpc) is 1.96. The molecule has 0 saturated carbocycles. The Morgan fingerprint density at radius 3 is 2.58 bits per heavy atom. The largest absolute Gasteiger partial charge is 0.595 e. The Hall–Kier alpha value is -0.330. The van der Waals surface area contributed by atoms with Crippen molar-refractivity contribution < 1.29 is 15.5 Å². The zero-order valence-electron chi connectivity index (χ0n) is 5.71. The van der Waals surface area contributed by atoms with E-state index in [9.17, 15) is 5.21 Å². The first-order valence-corrected chi connectivity index (χ1v) is 4.10. The van der Waals surface area contributed by atoms with Crippen molar-refractivity contribution >= 4 is 33.2 Å². The number of benzene rings is 1. The van der Waals surface area contributed by atoms with Gasteiger partial charge in [-0.15, -0.1) is 0 Å². The molecule has 0 bridgehead atoms. The van der Waals surface area contributed by atoms with Crippen LogP contribution in [0.5, 0.6) is 5.75 Å². The molecule has 66 valence electrons. The van der Waals surface area contributed by atoms with Crippen LogP contribution in [-0.4, -0.2) is 10.3 Å². The molecule has 0 amide bonds. The van der Waals surface area contributed by atoms with Gasteiger partial charge in [-0.3, -0.25) is 0 Å². The van der Waals surface area contributed by atoms with E-state index in [1.807, 2.05) is 0 Å². The van der Waals surface area contributed by atoms with Gasteiger partial charge in [0.1, 0.15) is 0 Å². The zero-order valence-corrected chi connectivity index (χ0v) is 8.06. The van der Waals surface area contributed by atoms with E-state index in [4.69, 9.17) is 21.9 Å². The summed E-state index contributed by atoms with van der Waals surface area (Å²) >= 11 is 8.58. The first-order chi connectivity index (χ1) is 5.52. The zero-order chi connectivity index (χ0) is 9.30. The Balaban J connectivity index is 3.28. The van der Waals surface area contributed by atoms with Crippen molar-refractivity contribution in [2.24, 2.45) is 0 Å². The number of halogens is 2. The van der Waals surface area contributed by atoms with E-state index in [1.165, 1.54) is 12.1 Å². The van der Waals surface area contributed by atoms with Gasteiger partial charge in [0.05, 0.1) is 5.02 Å². The molecule has 0 aliphatic carbocycles. The van der Waals surface area contributed by atoms with E-state index >= 15 is 0 Å². The molecule has 12 heavy (non-hydrogen) atoms. The highest BCUT2D eigenvalue weighted by molar-refractivity contribution is 9.10. The SMILES string of the molecule is [O-][NH+](O)c1cc(Br)cc(Cl)c1O. The molecule has 3 N–H and O–H groups in total. The number of aromatic hydroxyl groups is 1. The quantitative estimate of drug-likeness (QED) is 0.521. The van der Waals surface area contributed by atoms with Gasteiger partial charge >= 0.3 is 0 Å². The molecule has 0 aliphatic rings. The second-order valence-electron chi connectivity index (χ2n) is 2.09. The number of hydrogen-bond donors (Lipinski definition) is 3. The Morgan fingerprint density at radius 2 is 2.08 bits per heavy atom. The lowest BCUT2D eigenvalue weighted by Gasteiger charge is -2.13. The van der Waals surface area contributed by atoms with Crippen LogP contribution >= 0.6 is 27.5 Å². The molecule has 0 spiro atoms. The van der Waals surface area contributed by atoms with Crippen LogP contribution in [0.2, 0.25) is 5.02 Å². The molecular formula is C6H5BrClNO3. The highest BCUT2D eigenvalue weighted by Crippen LogP contribution is 2.32. The highest BCUT2D eigenvalue weighted by atomic mass is 79.9. The summed E-state index contributed by atoms with van der Waals surface area (Å²) < 4.78 is 0.516. The van der Waals surface area contributed by atoms with Crippen molar-refractivity contribution in [1.82, 2.24) is 0 Å². The average molecular weight is 254 g/mol. The minimum Gasteiger partial charge on any atom is -0.595 e. The molecule has 0 saturated heterocycles. The molecule has 1 unspecified atom stereocenters. The first-order valence-electron chi connectivity index (χ1n) is 2.93. The van der Waals surface area contributed by atoms with Gasteiger partial charge in [-0.25, -0.2) is 5.21 Å². The standard InChI is InChI=1S/C6H5BrClNO3/c7-3-1-4(8)6(10)5(2-3)9(11)12/h1-2,9-11H. The van der Waals surface area contributed by atoms with Gasteiger partial charge in [0.25, 0.3) is 0 Å². The maximum absolute atomic E-state index is 10.5. The summed E-state index contributed by atoms with van der Waals surface area (Å²) in [6.45, 7) is 0. The lowest BCUT2D eigenvalue weighted by atomic mass is 10.3. The number of quaternary nitrogens is 1. The predicted octanol–water partition coefficient (Wildman–Crippen LogP) is 1.21. The molecule has 0 fully saturated rings. The summed E-state index contributed by atoms with van der Waals surface area (Å²) in [5, 5.41) is 27.0. The van der Waals surface area contributed by atoms with Gasteiger partial charge in [0, 0.05) is 10.5 Å². The van der Waals surface area contributed by atoms with Crippen molar-refractivity contribution in [3.63, 3.8) is 0 Å². The van der Waals surface area contributed by atoms with Crippen LogP contribution in [0.15, 0.2) is 16.6 Å². The Labute approximate surface area is 81.7 Å². The summed E-state index contributed by atoms with van der Waals surface area (Å²) in [4.78, 5) is 0. The van der Waals surface area contributed by atoms with E-state index in [1.54, 1.807) is 0 Å². The Bertz CT molecular complexity index is 305. The smallest absolute Gasteiger partial charge is 0.208 e. The maximum atomic E-state index is 10.5. The molecule has 0 aliphatic heterocycles. The number of phenolic OH excluding ortho intramolecular Hbond substituents is 1. The lowest BCUT2D eigenvalue weighted by Crippen LogP contribution is -2.99. The third-order valence-corrected chi connectivity index (χ3v) is 2.00. The van der Waals surface area contributed by atoms with Gasteiger partial charge < -0.3 is 10.3 Å². The van der Waals surface area contributed by atoms with E-state index in [0.29, 0.717) is 4.47 Å². The summed E-state index contributed by atoms with van der Waals surface area (Å²) in [6, 6.07) is 2.70. The van der Waals surface area contributed by atoms with Gasteiger partial charge in [0.2, 0.25) is 5.69 Å². The Morgan fingerprint density at radius 1 is 1.50 bits per heavy atom. The van der Waals surface area contributed by atoms with E-state index in [-0.39, 0.29) is 10.7 Å². The van der Waals surface area contributed by atoms with Crippen molar-refractivity contribution in [1.29, 1.82) is 0 Å². The molecule has 0 heterocycles. The van der Waals surface area contributed by atoms with Crippen molar-refractivity contribution in [3.05, 3.63) is 26.8 Å². The topological polar surface area (TPSA) is 68.0 Å². The first kappa shape index (κ1) is 9.76. The summed E-state index contributed by atoms with van der Waals surface area (Å²) in [5.41, 5.74) is -0.214. The van der Waals surface area contributed by atoms with Crippen LogP contribution in [0.3, 0.4) is 0 Å². The van der Waals surface area contributed by atoms with Crippen LogP contribution in [0, 0.1) is 5.21 Å². The van der Waals surface area contributed by atoms with Crippen molar-refractivity contribution in [2.45, 2.75) is 0 Å². The minimum absolute atomic E-state index is 0.0155. The molecule has 0 aromatic heterocycles. The van der Waals surface area contributed by atoms with Crippen LogP contribution in [0.4, 0.5) is 5.69 Å².